The second-order valence-corrected chi connectivity index (χ2v) is 19.2. The van der Waals surface area contributed by atoms with E-state index in [2.05, 4.69) is 0 Å². The van der Waals surface area contributed by atoms with Crippen molar-refractivity contribution < 1.29 is 139 Å². The molecule has 0 aromatic carbocycles. The van der Waals surface area contributed by atoms with Gasteiger partial charge in [-0.25, -0.2) is 0 Å². The van der Waals surface area contributed by atoms with Gasteiger partial charge in [0.1, 0.15) is 0 Å². The lowest BCUT2D eigenvalue weighted by molar-refractivity contribution is -0.0279. The van der Waals surface area contributed by atoms with Gasteiger partial charge in [0.15, 0.2) is 0 Å². The highest BCUT2D eigenvalue weighted by Crippen LogP contribution is 1.97. The highest BCUT2D eigenvalue weighted by molar-refractivity contribution is 6.36. The van der Waals surface area contributed by atoms with Crippen LogP contribution in [0, 0.1) is 0 Å². The van der Waals surface area contributed by atoms with Crippen molar-refractivity contribution in [2.75, 3.05) is 378 Å². The van der Waals surface area contributed by atoms with E-state index in [1.807, 2.05) is 0 Å². The van der Waals surface area contributed by atoms with Crippen LogP contribution in [0.15, 0.2) is 0 Å². The maximum Gasteiger partial charge on any atom is 0.905 e. The minimum Gasteiger partial charge on any atom is -0.452 e. The lowest BCUT2D eigenvalue weighted by Gasteiger charge is -2.14. The van der Waals surface area contributed by atoms with Gasteiger partial charge in [-0.1, -0.05) is 0 Å². The molecule has 0 rings (SSSR count). The summed E-state index contributed by atoms with van der Waals surface area (Å²) in [5.74, 6) is 0. The Morgan fingerprint density at radius 3 is 0.284 bits per heavy atom. The average molecular weight is 1310 g/mol. The van der Waals surface area contributed by atoms with Crippen LogP contribution in [-0.4, -0.2) is 393 Å². The number of ether oxygens (including phenoxy) is 27. The summed E-state index contributed by atoms with van der Waals surface area (Å²) in [4.78, 5) is 0. The molecule has 0 atom stereocenters. The fourth-order valence-corrected chi connectivity index (χ4v) is 7.26. The summed E-state index contributed by atoms with van der Waals surface area (Å²) in [6, 6.07) is 0. The van der Waals surface area contributed by atoms with Crippen molar-refractivity contribution in [1.82, 2.24) is 0 Å². The van der Waals surface area contributed by atoms with Crippen LogP contribution < -0.4 is 0 Å². The van der Waals surface area contributed by atoms with Crippen LogP contribution >= 0.6 is 0 Å². The van der Waals surface area contributed by atoms with Crippen molar-refractivity contribution in [2.45, 2.75) is 0 Å². The second kappa shape index (κ2) is 84.3. The van der Waals surface area contributed by atoms with Gasteiger partial charge >= 0.3 is 15.1 Å². The number of rotatable bonds is 84. The minimum absolute atomic E-state index is 0.291. The minimum atomic E-state index is -2.53. The van der Waals surface area contributed by atoms with Gasteiger partial charge in [-0.05, 0) is 0 Å². The zero-order chi connectivity index (χ0) is 63.0. The molecule has 0 radical (unpaired) electrons. The van der Waals surface area contributed by atoms with E-state index in [1.54, 1.807) is 21.3 Å². The third kappa shape index (κ3) is 81.4. The van der Waals surface area contributed by atoms with Crippen LogP contribution in [0.25, 0.3) is 0 Å². The van der Waals surface area contributed by atoms with Gasteiger partial charge in [-0.3, -0.25) is 0 Å². The lowest BCUT2D eigenvalue weighted by Crippen LogP contribution is -2.32. The first kappa shape index (κ1) is 87.3. The molecular formula is C57H117AlO30. The monoisotopic (exact) mass is 1310 g/mol. The van der Waals surface area contributed by atoms with Gasteiger partial charge in [0.25, 0.3) is 0 Å². The Hall–Kier alpha value is -0.668. The molecule has 0 aromatic heterocycles. The van der Waals surface area contributed by atoms with E-state index in [0.29, 0.717) is 357 Å². The molecule has 528 valence electrons. The van der Waals surface area contributed by atoms with Gasteiger partial charge in [-0.15, -0.1) is 0 Å². The normalized spacial score (nSPS) is 11.8. The van der Waals surface area contributed by atoms with Gasteiger partial charge in [0.2, 0.25) is 0 Å². The fraction of sp³-hybridized carbons (Fsp3) is 1.00. The summed E-state index contributed by atoms with van der Waals surface area (Å²) in [7, 11) is 4.92. The Bertz CT molecular complexity index is 1070. The van der Waals surface area contributed by atoms with Crippen molar-refractivity contribution in [3.05, 3.63) is 0 Å². The molecule has 0 bridgehead atoms. The van der Waals surface area contributed by atoms with E-state index in [4.69, 9.17) is 139 Å². The second-order valence-electron chi connectivity index (χ2n) is 17.6. The molecule has 0 aliphatic rings. The lowest BCUT2D eigenvalue weighted by atomic mass is 10.6. The van der Waals surface area contributed by atoms with Crippen LogP contribution in [-0.2, 0) is 139 Å². The first-order valence-electron chi connectivity index (χ1n) is 31.0. The molecule has 31 heteroatoms. The van der Waals surface area contributed by atoms with Gasteiger partial charge in [-0.2, -0.15) is 0 Å². The molecular weight excluding hydrogens is 1190 g/mol. The molecule has 0 saturated carbocycles. The van der Waals surface area contributed by atoms with Crippen LogP contribution in [0.1, 0.15) is 0 Å². The van der Waals surface area contributed by atoms with E-state index in [9.17, 15) is 0 Å². The van der Waals surface area contributed by atoms with E-state index in [-0.39, 0.29) is 0 Å². The third-order valence-electron chi connectivity index (χ3n) is 10.6. The zero-order valence-corrected chi connectivity index (χ0v) is 55.2. The first-order valence-corrected chi connectivity index (χ1v) is 32.4. The highest BCUT2D eigenvalue weighted by Gasteiger charge is 2.31. The molecule has 0 aliphatic heterocycles. The molecule has 0 unspecified atom stereocenters. The molecule has 0 aromatic rings. The van der Waals surface area contributed by atoms with Gasteiger partial charge in [0.05, 0.1) is 337 Å². The summed E-state index contributed by atoms with van der Waals surface area (Å²) < 4.78 is 165. The smallest absolute Gasteiger partial charge is 0.452 e. The molecule has 30 nitrogen and oxygen atoms in total. The molecule has 0 aliphatic carbocycles. The predicted octanol–water partition coefficient (Wildman–Crippen LogP) is 0.359. The summed E-state index contributed by atoms with van der Waals surface area (Å²) in [6.45, 7) is 25.3. The molecule has 0 N–H and O–H groups in total. The Morgan fingerprint density at radius 2 is 0.193 bits per heavy atom. The van der Waals surface area contributed by atoms with E-state index in [1.165, 1.54) is 0 Å². The zero-order valence-electron chi connectivity index (χ0n) is 54.0. The maximum atomic E-state index is 5.94. The molecule has 88 heavy (non-hydrogen) atoms. The number of methoxy groups -OCH3 is 3. The number of hydrogen-bond donors (Lipinski definition) is 0. The van der Waals surface area contributed by atoms with Crippen molar-refractivity contribution >= 4 is 15.1 Å². The molecule has 0 spiro atoms. The van der Waals surface area contributed by atoms with E-state index >= 15 is 0 Å². The quantitative estimate of drug-likeness (QED) is 0.0587. The largest absolute Gasteiger partial charge is 0.905 e. The Morgan fingerprint density at radius 1 is 0.114 bits per heavy atom. The molecule has 0 amide bonds. The van der Waals surface area contributed by atoms with Crippen LogP contribution in [0.5, 0.6) is 0 Å². The Labute approximate surface area is 530 Å². The predicted molar refractivity (Wildman–Crippen MR) is 319 cm³/mol. The van der Waals surface area contributed by atoms with Crippen LogP contribution in [0.4, 0.5) is 0 Å². The molecule has 0 fully saturated rings. The average Bonchev–Trinajstić information content (AvgIpc) is 3.54. The first-order chi connectivity index (χ1) is 43.8. The van der Waals surface area contributed by atoms with Crippen molar-refractivity contribution in [1.29, 1.82) is 0 Å². The highest BCUT2D eigenvalue weighted by atomic mass is 27.3. The van der Waals surface area contributed by atoms with Crippen LogP contribution in [0.2, 0.25) is 0 Å². The van der Waals surface area contributed by atoms with Gasteiger partial charge < -0.3 is 139 Å². The Balaban J connectivity index is 4.00. The third-order valence-corrected chi connectivity index (χ3v) is 12.1. The summed E-state index contributed by atoms with van der Waals surface area (Å²) >= 11 is -2.53. The molecule has 0 saturated heterocycles. The standard InChI is InChI=1S/3C19H39O10.Al/c3*1-21-4-5-23-8-9-25-12-13-27-16-17-29-19-18-28-15-14-26-11-10-24-7-6-22-3-2-20;/h3*2-19H2,1H3;/q3*-1;+3. The van der Waals surface area contributed by atoms with Crippen LogP contribution in [0.3, 0.4) is 0 Å². The summed E-state index contributed by atoms with van der Waals surface area (Å²) in [5.41, 5.74) is 0. The summed E-state index contributed by atoms with van der Waals surface area (Å²) in [6.07, 6.45) is 0. The van der Waals surface area contributed by atoms with Gasteiger partial charge in [0, 0.05) is 41.2 Å². The van der Waals surface area contributed by atoms with Crippen molar-refractivity contribution in [3.63, 3.8) is 0 Å². The number of hydrogen-bond acceptors (Lipinski definition) is 30. The van der Waals surface area contributed by atoms with E-state index in [0.717, 1.165) is 0 Å². The van der Waals surface area contributed by atoms with E-state index < -0.39 is 15.1 Å². The maximum absolute atomic E-state index is 5.94. The summed E-state index contributed by atoms with van der Waals surface area (Å²) in [5, 5.41) is 0. The fourth-order valence-electron chi connectivity index (χ4n) is 6.11. The SMILES string of the molecule is COCCOCCOCCOCCOCCOCCOCCOCCOCC[O][Al]([O]CCOCCOCCOCCOCCOCCOCCOCCOCCOC)[O]CCOCCOCCOCCOCCOCCOCCOCCOCCOC. The topological polar surface area (TPSA) is 277 Å². The van der Waals surface area contributed by atoms with Crippen molar-refractivity contribution in [3.8, 4) is 0 Å². The Kier molecular flexibility index (Phi) is 83.7. The van der Waals surface area contributed by atoms with Crippen molar-refractivity contribution in [2.24, 2.45) is 0 Å². The molecule has 0 heterocycles.